The van der Waals surface area contributed by atoms with Crippen LogP contribution in [0.5, 0.6) is 0 Å². The zero-order valence-corrected chi connectivity index (χ0v) is 99.8. The van der Waals surface area contributed by atoms with Gasteiger partial charge in [-0.25, -0.2) is 0 Å². The molecule has 3 saturated carbocycles. The molecule has 30 heteroatoms. The van der Waals surface area contributed by atoms with Crippen molar-refractivity contribution in [2.75, 3.05) is 0 Å². The van der Waals surface area contributed by atoms with E-state index in [1.165, 1.54) is 69.2 Å². The normalized spacial score (nSPS) is 18.2. The molecule has 0 nitrogen and oxygen atoms in total. The summed E-state index contributed by atoms with van der Waals surface area (Å²) in [7, 11) is 0. The lowest BCUT2D eigenvalue weighted by atomic mass is 9.49. The molecule has 0 aromatic heterocycles. The molecule has 3 atom stereocenters. The maximum Gasteiger partial charge on any atom is 0.395 e. The molecule has 0 spiro atoms. The molecular weight excluding hydrogens is 1950 g/mol. The highest BCUT2D eigenvalue weighted by Crippen LogP contribution is 2.67. The number of alkyl halides is 30. The van der Waals surface area contributed by atoms with E-state index in [4.69, 9.17) is 0 Å². The van der Waals surface area contributed by atoms with Gasteiger partial charge >= 0.3 is 61.8 Å². The fourth-order valence-electron chi connectivity index (χ4n) is 25.0. The lowest BCUT2D eigenvalue weighted by Gasteiger charge is -2.57. The van der Waals surface area contributed by atoms with Crippen molar-refractivity contribution in [3.8, 4) is 0 Å². The van der Waals surface area contributed by atoms with E-state index in [2.05, 4.69) is 0 Å². The SMILES string of the molecule is CC(C)C(C(C)C)C(C)(C(C(C)C)C(C)C)C(F)(F)F.CC(C)C(C(C)C)C(C)(C(C)C)C(F)(F)F.CC(C)C(C)(C(C)C)C(F)(F)F.CC1(C(F)(F)F)CCCC1.CC1(C(F)(F)F)CCCCC1.CC1(C)CCC(C)(C(F)(F)F)CC1.CCC(C)(CC)C(C)(C(C)C)C(F)(F)F.CCC(C)(CC)C(C)(C(F)(F)F)C(C)(CC)CC.CCC(CC)C(C)(C(C)C)C(F)(F)F.CCC(CC)C(C)(C(CC)CC)C(F)(F)F. The van der Waals surface area contributed by atoms with E-state index in [-0.39, 0.29) is 107 Å². The van der Waals surface area contributed by atoms with Crippen LogP contribution in [0.25, 0.3) is 0 Å². The minimum atomic E-state index is -4.18. The molecule has 3 unspecified atom stereocenters. The van der Waals surface area contributed by atoms with Crippen molar-refractivity contribution in [3.05, 3.63) is 0 Å². The van der Waals surface area contributed by atoms with Crippen molar-refractivity contribution in [2.24, 2.45) is 176 Å². The van der Waals surface area contributed by atoms with Crippen molar-refractivity contribution in [1.29, 1.82) is 0 Å². The summed E-state index contributed by atoms with van der Waals surface area (Å²) in [5.41, 5.74) is -17.3. The fourth-order valence-corrected chi connectivity index (χ4v) is 25.0. The minimum Gasteiger partial charge on any atom is -0.171 e. The average Bonchev–Trinajstić information content (AvgIpc) is 0.828. The molecule has 884 valence electrons. The lowest BCUT2D eigenvalue weighted by molar-refractivity contribution is -0.301. The van der Waals surface area contributed by atoms with Gasteiger partial charge in [0.2, 0.25) is 0 Å². The number of halogens is 30. The van der Waals surface area contributed by atoms with Crippen LogP contribution in [0.4, 0.5) is 132 Å². The van der Waals surface area contributed by atoms with E-state index in [0.29, 0.717) is 116 Å². The predicted molar refractivity (Wildman–Crippen MR) is 547 cm³/mol. The zero-order chi connectivity index (χ0) is 118. The Labute approximate surface area is 865 Å². The molecule has 0 bridgehead atoms. The molecule has 145 heavy (non-hydrogen) atoms. The van der Waals surface area contributed by atoms with Gasteiger partial charge < -0.3 is 0 Å². The lowest BCUT2D eigenvalue weighted by Crippen LogP contribution is -2.57. The Bertz CT molecular complexity index is 3250. The highest BCUT2D eigenvalue weighted by Gasteiger charge is 2.69. The Balaban J connectivity index is -0.000000293. The molecule has 0 aromatic carbocycles. The maximum atomic E-state index is 14.0. The van der Waals surface area contributed by atoms with Crippen LogP contribution in [0.15, 0.2) is 0 Å². The molecule has 0 N–H and O–H groups in total. The summed E-state index contributed by atoms with van der Waals surface area (Å²) < 4.78 is 391. The predicted octanol–water partition coefficient (Wildman–Crippen LogP) is 47.5. The molecule has 0 aliphatic heterocycles. The zero-order valence-electron chi connectivity index (χ0n) is 99.8. The molecule has 3 fully saturated rings. The summed E-state index contributed by atoms with van der Waals surface area (Å²) in [4.78, 5) is 0. The molecular formula is C115H214F30. The van der Waals surface area contributed by atoms with Gasteiger partial charge in [0.25, 0.3) is 0 Å². The third kappa shape index (κ3) is 38.7. The van der Waals surface area contributed by atoms with Crippen LogP contribution in [0, 0.1) is 176 Å². The second-order valence-electron chi connectivity index (χ2n) is 50.5. The van der Waals surface area contributed by atoms with Crippen LogP contribution in [0.2, 0.25) is 0 Å². The molecule has 3 aliphatic carbocycles. The first kappa shape index (κ1) is 156. The minimum absolute atomic E-state index is 0.0154. The van der Waals surface area contributed by atoms with Crippen LogP contribution in [-0.2, 0) is 0 Å². The van der Waals surface area contributed by atoms with Gasteiger partial charge in [-0.2, -0.15) is 132 Å². The van der Waals surface area contributed by atoms with Gasteiger partial charge in [0, 0.05) is 0 Å². The highest BCUT2D eigenvalue weighted by atomic mass is 19.4. The third-order valence-electron chi connectivity index (χ3n) is 38.8. The van der Waals surface area contributed by atoms with Gasteiger partial charge in [-0.15, -0.1) is 0 Å². The number of hydrogen-bond acceptors (Lipinski definition) is 0. The van der Waals surface area contributed by atoms with E-state index in [9.17, 15) is 132 Å². The molecule has 0 saturated heterocycles. The summed E-state index contributed by atoms with van der Waals surface area (Å²) in [6.45, 7) is 84.8. The third-order valence-corrected chi connectivity index (χ3v) is 38.8. The average molecular weight is 2170 g/mol. The van der Waals surface area contributed by atoms with Gasteiger partial charge in [-0.1, -0.05) is 403 Å². The second-order valence-corrected chi connectivity index (χ2v) is 50.5. The topological polar surface area (TPSA) is 0 Å². The molecule has 3 aliphatic rings. The molecule has 0 aromatic rings. The van der Waals surface area contributed by atoms with Gasteiger partial charge in [-0.05, 0) is 219 Å². The standard InChI is InChI=1S/C17H33F3.C15H29F3.2C13H25F3.C12H23F3.C11H21F3.C10H17F3.C9H17F3.C8H13F3.C7H11F3/c1-10(2)14(11(3)4)16(9,17(18,19)20)15(12(5)6)13(7)8;1-8-12(5,9-2)14(7,15(16,17)18)13(6,10-3)11-4;1-8(2)11(9(3)4)12(7,10(5)6)13(14,15)16;1-6-10(7-2)12(5,13(14,15)16)11(8-3)9-4;1-7-10(5,8-2)11(6,9(3)4)12(13,14)15;1-6-9(7-2)10(5,8(3)4)11(12,13)14;1-8(2)4-6-9(3,7-5-8)10(11,12)13;1-6(2)8(5,7(3)4)9(10,11)12;1-7(8(9,10)11)5-3-2-4-6-7;1-6(7(8,9)10)4-2-3-5-6/h10-15H,1-9H3;8-11H2,1-7H3;8-11H,1-7H3;10-11H,6-9H2,1-5H3;9H,7-8H2,1-6H3;8-9H,6-7H2,1-5H3;4-7H2,1-3H3;6-7H,1-5H3;2-6H2,1H3;2-5H2,1H3. The molecule has 0 radical (unpaired) electrons. The maximum absolute atomic E-state index is 14.0. The smallest absolute Gasteiger partial charge is 0.171 e. The largest absolute Gasteiger partial charge is 0.395 e. The van der Waals surface area contributed by atoms with E-state index in [1.807, 2.05) is 180 Å². The van der Waals surface area contributed by atoms with Crippen molar-refractivity contribution in [3.63, 3.8) is 0 Å². The van der Waals surface area contributed by atoms with Crippen LogP contribution in [-0.4, -0.2) is 61.8 Å². The van der Waals surface area contributed by atoms with Crippen LogP contribution in [0.3, 0.4) is 0 Å². The molecule has 0 amide bonds. The van der Waals surface area contributed by atoms with Crippen LogP contribution in [0.1, 0.15) is 500 Å². The summed E-state index contributed by atoms with van der Waals surface area (Å²) in [5, 5.41) is 0. The first-order valence-electron chi connectivity index (χ1n) is 54.7. The van der Waals surface area contributed by atoms with E-state index >= 15 is 0 Å². The monoisotopic (exact) mass is 2170 g/mol. The summed E-state index contributed by atoms with van der Waals surface area (Å²) in [5.74, 6) is -3.67. The van der Waals surface area contributed by atoms with Crippen LogP contribution >= 0.6 is 0 Å². The van der Waals surface area contributed by atoms with E-state index in [0.717, 1.165) is 32.1 Å². The Kier molecular flexibility index (Phi) is 63.7. The molecule has 0 heterocycles. The van der Waals surface area contributed by atoms with Gasteiger partial charge in [0.15, 0.2) is 0 Å². The van der Waals surface area contributed by atoms with E-state index < -0.39 is 144 Å². The van der Waals surface area contributed by atoms with Crippen molar-refractivity contribution >= 4 is 0 Å². The Morgan fingerprint density at radius 3 is 0.497 bits per heavy atom. The van der Waals surface area contributed by atoms with E-state index in [1.54, 1.807) is 90.0 Å². The second kappa shape index (κ2) is 59.3. The number of hydrogen-bond donors (Lipinski definition) is 0. The summed E-state index contributed by atoms with van der Waals surface area (Å²) in [6.07, 6.45) is -26.9. The fraction of sp³-hybridized carbons (Fsp3) is 1.00. The quantitative estimate of drug-likeness (QED) is 0.0589. The van der Waals surface area contributed by atoms with Crippen LogP contribution < -0.4 is 0 Å². The first-order chi connectivity index (χ1) is 64.0. The Morgan fingerprint density at radius 1 is 0.193 bits per heavy atom. The van der Waals surface area contributed by atoms with Gasteiger partial charge in [0.05, 0.1) is 54.1 Å². The molecule has 3 rings (SSSR count). The van der Waals surface area contributed by atoms with Crippen molar-refractivity contribution in [1.82, 2.24) is 0 Å². The first-order valence-corrected chi connectivity index (χ1v) is 54.7. The van der Waals surface area contributed by atoms with Gasteiger partial charge in [-0.3, -0.25) is 0 Å². The summed E-state index contributed by atoms with van der Waals surface area (Å²) in [6, 6.07) is 0. The van der Waals surface area contributed by atoms with Gasteiger partial charge in [0.1, 0.15) is 0 Å². The van der Waals surface area contributed by atoms with Crippen molar-refractivity contribution in [2.45, 2.75) is 562 Å². The van der Waals surface area contributed by atoms with Crippen molar-refractivity contribution < 1.29 is 132 Å². The highest BCUT2D eigenvalue weighted by molar-refractivity contribution is 5.07. The Hall–Kier alpha value is -2.10. The summed E-state index contributed by atoms with van der Waals surface area (Å²) >= 11 is 0. The number of rotatable bonds is 32. The Morgan fingerprint density at radius 2 is 0.379 bits per heavy atom.